The van der Waals surface area contributed by atoms with Gasteiger partial charge in [-0.15, -0.1) is 0 Å². The molecule has 0 heteroatoms. The fourth-order valence-corrected chi connectivity index (χ4v) is 3.81. The highest BCUT2D eigenvalue weighted by Gasteiger charge is 2.38. The van der Waals surface area contributed by atoms with E-state index in [0.717, 1.165) is 11.8 Å². The van der Waals surface area contributed by atoms with Gasteiger partial charge in [-0.2, -0.15) is 0 Å². The second-order valence-corrected chi connectivity index (χ2v) is 5.22. The van der Waals surface area contributed by atoms with Crippen LogP contribution in [0.15, 0.2) is 0 Å². The smallest absolute Gasteiger partial charge is 0.0406 e. The Bertz CT molecular complexity index is 139. The molecule has 2 unspecified atom stereocenters. The van der Waals surface area contributed by atoms with E-state index in [0.29, 0.717) is 0 Å². The Kier molecular flexibility index (Phi) is 1.33. The molecule has 0 aliphatic heterocycles. The molecule has 0 aromatic carbocycles. The standard InChI is InChI=1S/C11H18/c1-2-9-3-8(1)4-10-6-11(5-9)7-10/h8-11H,1-7H2. The summed E-state index contributed by atoms with van der Waals surface area (Å²) in [5.41, 5.74) is 0. The van der Waals surface area contributed by atoms with Crippen molar-refractivity contribution < 1.29 is 0 Å². The third-order valence-electron chi connectivity index (χ3n) is 4.32. The predicted octanol–water partition coefficient (Wildman–Crippen LogP) is 3.22. The van der Waals surface area contributed by atoms with E-state index in [4.69, 9.17) is 0 Å². The predicted molar refractivity (Wildman–Crippen MR) is 46.3 cm³/mol. The highest BCUT2D eigenvalue weighted by Crippen LogP contribution is 2.50. The van der Waals surface area contributed by atoms with Gasteiger partial charge in [-0.05, 0) is 55.8 Å². The molecule has 0 N–H and O–H groups in total. The van der Waals surface area contributed by atoms with Gasteiger partial charge in [0.2, 0.25) is 0 Å². The van der Waals surface area contributed by atoms with E-state index >= 15 is 0 Å². The maximum Gasteiger partial charge on any atom is -0.0406 e. The van der Waals surface area contributed by atoms with Crippen LogP contribution in [0.25, 0.3) is 0 Å². The van der Waals surface area contributed by atoms with E-state index in [9.17, 15) is 0 Å². The van der Waals surface area contributed by atoms with Crippen molar-refractivity contribution in [2.24, 2.45) is 23.7 Å². The molecular weight excluding hydrogens is 132 g/mol. The summed E-state index contributed by atoms with van der Waals surface area (Å²) in [5, 5.41) is 0. The molecule has 0 radical (unpaired) electrons. The van der Waals surface area contributed by atoms with Crippen molar-refractivity contribution in [1.82, 2.24) is 0 Å². The normalized spacial score (nSPS) is 54.5. The lowest BCUT2D eigenvalue weighted by molar-refractivity contribution is 0.115. The largest absolute Gasteiger partial charge is 0.0502 e. The van der Waals surface area contributed by atoms with Crippen LogP contribution >= 0.6 is 0 Å². The molecule has 0 spiro atoms. The molecule has 0 aromatic rings. The van der Waals surface area contributed by atoms with Crippen LogP contribution in [0.2, 0.25) is 0 Å². The summed E-state index contributed by atoms with van der Waals surface area (Å²) < 4.78 is 0. The number of hydrogen-bond acceptors (Lipinski definition) is 0. The van der Waals surface area contributed by atoms with E-state index in [-0.39, 0.29) is 0 Å². The lowest BCUT2D eigenvalue weighted by Crippen LogP contribution is -2.28. The molecule has 4 bridgehead atoms. The Morgan fingerprint density at radius 1 is 0.455 bits per heavy atom. The summed E-state index contributed by atoms with van der Waals surface area (Å²) in [4.78, 5) is 0. The van der Waals surface area contributed by atoms with E-state index in [1.165, 1.54) is 11.8 Å². The molecule has 11 heavy (non-hydrogen) atoms. The first-order valence-corrected chi connectivity index (χ1v) is 5.40. The molecule has 2 atom stereocenters. The maximum absolute atomic E-state index is 1.60. The molecule has 4 saturated carbocycles. The number of rotatable bonds is 0. The molecule has 4 fully saturated rings. The third-order valence-corrected chi connectivity index (χ3v) is 4.32. The Balaban J connectivity index is 1.77. The molecule has 62 valence electrons. The van der Waals surface area contributed by atoms with Crippen molar-refractivity contribution in [1.29, 1.82) is 0 Å². The first kappa shape index (κ1) is 6.51. The molecule has 0 heterocycles. The van der Waals surface area contributed by atoms with Gasteiger partial charge in [0, 0.05) is 0 Å². The topological polar surface area (TPSA) is 0 Å². The minimum Gasteiger partial charge on any atom is -0.0502 e. The minimum absolute atomic E-state index is 1.16. The van der Waals surface area contributed by atoms with Gasteiger partial charge >= 0.3 is 0 Å². The van der Waals surface area contributed by atoms with Gasteiger partial charge in [-0.1, -0.05) is 12.8 Å². The molecule has 4 aliphatic carbocycles. The van der Waals surface area contributed by atoms with Crippen molar-refractivity contribution in [2.75, 3.05) is 0 Å². The number of hydrogen-bond donors (Lipinski definition) is 0. The fourth-order valence-electron chi connectivity index (χ4n) is 3.81. The van der Waals surface area contributed by atoms with Crippen LogP contribution in [-0.2, 0) is 0 Å². The van der Waals surface area contributed by atoms with Crippen molar-refractivity contribution in [3.63, 3.8) is 0 Å². The second kappa shape index (κ2) is 2.24. The van der Waals surface area contributed by atoms with Gasteiger partial charge in [-0.3, -0.25) is 0 Å². The Morgan fingerprint density at radius 3 is 1.36 bits per heavy atom. The van der Waals surface area contributed by atoms with Crippen LogP contribution in [0.4, 0.5) is 0 Å². The minimum atomic E-state index is 1.16. The van der Waals surface area contributed by atoms with Gasteiger partial charge < -0.3 is 0 Å². The Hall–Kier alpha value is 0. The van der Waals surface area contributed by atoms with Gasteiger partial charge in [0.05, 0.1) is 0 Å². The van der Waals surface area contributed by atoms with Crippen LogP contribution in [0.5, 0.6) is 0 Å². The third kappa shape index (κ3) is 1.02. The van der Waals surface area contributed by atoms with E-state index in [1.807, 2.05) is 0 Å². The summed E-state index contributed by atoms with van der Waals surface area (Å²) in [5.74, 6) is 4.66. The van der Waals surface area contributed by atoms with Crippen molar-refractivity contribution in [3.8, 4) is 0 Å². The fraction of sp³-hybridized carbons (Fsp3) is 1.00. The Labute approximate surface area is 69.4 Å². The maximum atomic E-state index is 1.60. The zero-order valence-electron chi connectivity index (χ0n) is 7.26. The lowest BCUT2D eigenvalue weighted by Gasteiger charge is -2.40. The van der Waals surface area contributed by atoms with E-state index in [1.54, 1.807) is 44.9 Å². The molecule has 0 saturated heterocycles. The zero-order chi connectivity index (χ0) is 7.26. The van der Waals surface area contributed by atoms with Crippen LogP contribution in [0.1, 0.15) is 44.9 Å². The van der Waals surface area contributed by atoms with Crippen molar-refractivity contribution in [2.45, 2.75) is 44.9 Å². The SMILES string of the molecule is C1CC2CC1CC1CC(C2)C1. The van der Waals surface area contributed by atoms with Gasteiger partial charge in [0.15, 0.2) is 0 Å². The summed E-state index contributed by atoms with van der Waals surface area (Å²) in [6, 6.07) is 0. The molecular formula is C11H18. The molecule has 4 rings (SSSR count). The van der Waals surface area contributed by atoms with Crippen LogP contribution < -0.4 is 0 Å². The Morgan fingerprint density at radius 2 is 0.818 bits per heavy atom. The molecule has 4 aliphatic rings. The average molecular weight is 150 g/mol. The van der Waals surface area contributed by atoms with E-state index < -0.39 is 0 Å². The van der Waals surface area contributed by atoms with Gasteiger partial charge in [-0.25, -0.2) is 0 Å². The monoisotopic (exact) mass is 150 g/mol. The summed E-state index contributed by atoms with van der Waals surface area (Å²) in [6.45, 7) is 0. The second-order valence-electron chi connectivity index (χ2n) is 5.22. The van der Waals surface area contributed by atoms with Gasteiger partial charge in [0.25, 0.3) is 0 Å². The lowest BCUT2D eigenvalue weighted by atomic mass is 9.66. The highest BCUT2D eigenvalue weighted by atomic mass is 14.4. The van der Waals surface area contributed by atoms with Crippen LogP contribution in [0.3, 0.4) is 0 Å². The summed E-state index contributed by atoms with van der Waals surface area (Å²) in [7, 11) is 0. The van der Waals surface area contributed by atoms with Crippen LogP contribution in [-0.4, -0.2) is 0 Å². The summed E-state index contributed by atoms with van der Waals surface area (Å²) >= 11 is 0. The zero-order valence-corrected chi connectivity index (χ0v) is 7.26. The quantitative estimate of drug-likeness (QED) is 0.497. The van der Waals surface area contributed by atoms with Crippen molar-refractivity contribution >= 4 is 0 Å². The summed E-state index contributed by atoms with van der Waals surface area (Å²) in [6.07, 6.45) is 11.2. The highest BCUT2D eigenvalue weighted by molar-refractivity contribution is 4.90. The van der Waals surface area contributed by atoms with E-state index in [2.05, 4.69) is 0 Å². The van der Waals surface area contributed by atoms with Gasteiger partial charge in [0.1, 0.15) is 0 Å². The van der Waals surface area contributed by atoms with Crippen LogP contribution in [0, 0.1) is 23.7 Å². The molecule has 0 nitrogen and oxygen atoms in total. The first-order chi connectivity index (χ1) is 5.40. The molecule has 0 amide bonds. The van der Waals surface area contributed by atoms with Crippen molar-refractivity contribution in [3.05, 3.63) is 0 Å². The molecule has 0 aromatic heterocycles. The first-order valence-electron chi connectivity index (χ1n) is 5.40. The average Bonchev–Trinajstić information content (AvgIpc) is 2.25.